The number of carbonyl (C=O) groups is 1. The number of nitrogens with two attached hydrogens (primary N) is 1. The lowest BCUT2D eigenvalue weighted by molar-refractivity contribution is 0.0947. The number of nitrogens with one attached hydrogen (secondary N) is 1. The van der Waals surface area contributed by atoms with Crippen LogP contribution in [0.5, 0.6) is 0 Å². The standard InChI is InChI=1S/C10H9FN4OS/c11-8-7(1-2-14-9(8)12)10(16)15-4-6-3-13-5-17-6/h1-3,5H,4H2,(H2,12,14)(H,15,16). The van der Waals surface area contributed by atoms with Crippen LogP contribution < -0.4 is 11.1 Å². The second-order valence-corrected chi connectivity index (χ2v) is 4.18. The van der Waals surface area contributed by atoms with Crippen LogP contribution in [0.25, 0.3) is 0 Å². The Morgan fingerprint density at radius 1 is 1.59 bits per heavy atom. The zero-order chi connectivity index (χ0) is 12.3. The number of thiazole rings is 1. The largest absolute Gasteiger partial charge is 0.381 e. The SMILES string of the molecule is Nc1nccc(C(=O)NCc2cncs2)c1F. The number of anilines is 1. The summed E-state index contributed by atoms with van der Waals surface area (Å²) in [6, 6.07) is 1.29. The average molecular weight is 252 g/mol. The van der Waals surface area contributed by atoms with Gasteiger partial charge in [0.2, 0.25) is 0 Å². The Labute approximate surface area is 101 Å². The molecule has 0 spiro atoms. The van der Waals surface area contributed by atoms with E-state index in [1.54, 1.807) is 11.7 Å². The molecule has 0 aliphatic rings. The fourth-order valence-corrected chi connectivity index (χ4v) is 1.76. The maximum atomic E-state index is 13.5. The topological polar surface area (TPSA) is 80.9 Å². The molecular formula is C10H9FN4OS. The van der Waals surface area contributed by atoms with Gasteiger partial charge in [-0.05, 0) is 6.07 Å². The summed E-state index contributed by atoms with van der Waals surface area (Å²) in [5.74, 6) is -1.60. The van der Waals surface area contributed by atoms with E-state index in [1.807, 2.05) is 0 Å². The summed E-state index contributed by atoms with van der Waals surface area (Å²) in [6.45, 7) is 0.311. The molecule has 3 N–H and O–H groups in total. The molecule has 0 atom stereocenters. The first-order valence-corrected chi connectivity index (χ1v) is 5.62. The van der Waals surface area contributed by atoms with Gasteiger partial charge in [-0.1, -0.05) is 0 Å². The van der Waals surface area contributed by atoms with E-state index >= 15 is 0 Å². The van der Waals surface area contributed by atoms with Gasteiger partial charge in [0.1, 0.15) is 0 Å². The normalized spacial score (nSPS) is 10.2. The molecule has 2 rings (SSSR count). The number of rotatable bonds is 3. The van der Waals surface area contributed by atoms with Crippen LogP contribution in [-0.4, -0.2) is 15.9 Å². The molecule has 0 saturated heterocycles. The van der Waals surface area contributed by atoms with Crippen molar-refractivity contribution in [3.05, 3.63) is 40.2 Å². The number of aromatic nitrogens is 2. The van der Waals surface area contributed by atoms with E-state index in [-0.39, 0.29) is 11.4 Å². The highest BCUT2D eigenvalue weighted by Crippen LogP contribution is 2.12. The van der Waals surface area contributed by atoms with Gasteiger partial charge in [0.15, 0.2) is 11.6 Å². The number of carbonyl (C=O) groups excluding carboxylic acids is 1. The van der Waals surface area contributed by atoms with Crippen molar-refractivity contribution >= 4 is 23.1 Å². The Kier molecular flexibility index (Phi) is 3.29. The minimum atomic E-state index is -0.797. The molecule has 0 fully saturated rings. The van der Waals surface area contributed by atoms with E-state index < -0.39 is 11.7 Å². The van der Waals surface area contributed by atoms with E-state index in [0.29, 0.717) is 6.54 Å². The number of hydrogen-bond acceptors (Lipinski definition) is 5. The van der Waals surface area contributed by atoms with Gasteiger partial charge in [-0.25, -0.2) is 9.37 Å². The van der Waals surface area contributed by atoms with Gasteiger partial charge in [0.05, 0.1) is 17.6 Å². The maximum absolute atomic E-state index is 13.5. The molecule has 5 nitrogen and oxygen atoms in total. The number of nitrogen functional groups attached to an aromatic ring is 1. The predicted octanol–water partition coefficient (Wildman–Crippen LogP) is 1.19. The van der Waals surface area contributed by atoms with E-state index in [4.69, 9.17) is 5.73 Å². The molecular weight excluding hydrogens is 243 g/mol. The number of halogens is 1. The highest BCUT2D eigenvalue weighted by atomic mass is 32.1. The summed E-state index contributed by atoms with van der Waals surface area (Å²) in [6.07, 6.45) is 2.93. The highest BCUT2D eigenvalue weighted by Gasteiger charge is 2.14. The molecule has 0 radical (unpaired) electrons. The molecule has 0 aliphatic heterocycles. The van der Waals surface area contributed by atoms with Crippen molar-refractivity contribution < 1.29 is 9.18 Å². The second kappa shape index (κ2) is 4.88. The number of nitrogens with zero attached hydrogens (tertiary/aromatic N) is 2. The highest BCUT2D eigenvalue weighted by molar-refractivity contribution is 7.09. The van der Waals surface area contributed by atoms with Crippen molar-refractivity contribution in [2.24, 2.45) is 0 Å². The molecule has 2 heterocycles. The maximum Gasteiger partial charge on any atom is 0.254 e. The van der Waals surface area contributed by atoms with Gasteiger partial charge in [-0.3, -0.25) is 9.78 Å². The van der Waals surface area contributed by atoms with Gasteiger partial charge in [0.25, 0.3) is 5.91 Å². The van der Waals surface area contributed by atoms with E-state index in [2.05, 4.69) is 15.3 Å². The average Bonchev–Trinajstić information content (AvgIpc) is 2.82. The Balaban J connectivity index is 2.07. The zero-order valence-electron chi connectivity index (χ0n) is 8.68. The minimum absolute atomic E-state index is 0.109. The van der Waals surface area contributed by atoms with Crippen molar-refractivity contribution in [3.63, 3.8) is 0 Å². The predicted molar refractivity (Wildman–Crippen MR) is 61.9 cm³/mol. The van der Waals surface area contributed by atoms with Gasteiger partial charge in [-0.15, -0.1) is 11.3 Å². The summed E-state index contributed by atoms with van der Waals surface area (Å²) in [5.41, 5.74) is 6.83. The Bertz CT molecular complexity index is 529. The molecule has 0 aliphatic carbocycles. The lowest BCUT2D eigenvalue weighted by atomic mass is 10.2. The second-order valence-electron chi connectivity index (χ2n) is 3.21. The Hall–Kier alpha value is -2.02. The Morgan fingerprint density at radius 3 is 3.12 bits per heavy atom. The van der Waals surface area contributed by atoms with E-state index in [1.165, 1.54) is 23.6 Å². The van der Waals surface area contributed by atoms with Crippen LogP contribution in [0.15, 0.2) is 24.0 Å². The van der Waals surface area contributed by atoms with Gasteiger partial charge < -0.3 is 11.1 Å². The van der Waals surface area contributed by atoms with Gasteiger partial charge in [-0.2, -0.15) is 0 Å². The number of pyridine rings is 1. The van der Waals surface area contributed by atoms with E-state index in [0.717, 1.165) is 4.88 Å². The zero-order valence-corrected chi connectivity index (χ0v) is 9.50. The lowest BCUT2D eigenvalue weighted by Gasteiger charge is -2.05. The first-order valence-electron chi connectivity index (χ1n) is 4.74. The lowest BCUT2D eigenvalue weighted by Crippen LogP contribution is -2.24. The van der Waals surface area contributed by atoms with Crippen molar-refractivity contribution in [2.75, 3.05) is 5.73 Å². The van der Waals surface area contributed by atoms with Crippen LogP contribution in [0.4, 0.5) is 10.2 Å². The van der Waals surface area contributed by atoms with Crippen LogP contribution in [-0.2, 0) is 6.54 Å². The third-order valence-electron chi connectivity index (χ3n) is 2.07. The van der Waals surface area contributed by atoms with Crippen molar-refractivity contribution in [3.8, 4) is 0 Å². The molecule has 88 valence electrons. The third-order valence-corrected chi connectivity index (χ3v) is 2.85. The third kappa shape index (κ3) is 2.56. The first kappa shape index (κ1) is 11.5. The Morgan fingerprint density at radius 2 is 2.41 bits per heavy atom. The minimum Gasteiger partial charge on any atom is -0.381 e. The summed E-state index contributed by atoms with van der Waals surface area (Å²) in [4.78, 5) is 20.0. The fraction of sp³-hybridized carbons (Fsp3) is 0.100. The van der Waals surface area contributed by atoms with E-state index in [9.17, 15) is 9.18 Å². The molecule has 0 saturated carbocycles. The molecule has 0 aromatic carbocycles. The molecule has 0 bridgehead atoms. The summed E-state index contributed by atoms with van der Waals surface area (Å²) >= 11 is 1.41. The van der Waals surface area contributed by atoms with Crippen LogP contribution >= 0.6 is 11.3 Å². The smallest absolute Gasteiger partial charge is 0.254 e. The van der Waals surface area contributed by atoms with Gasteiger partial charge >= 0.3 is 0 Å². The quantitative estimate of drug-likeness (QED) is 0.859. The molecule has 17 heavy (non-hydrogen) atoms. The van der Waals surface area contributed by atoms with Crippen molar-refractivity contribution in [2.45, 2.75) is 6.54 Å². The molecule has 1 amide bonds. The summed E-state index contributed by atoms with van der Waals surface area (Å²) in [7, 11) is 0. The molecule has 0 unspecified atom stereocenters. The van der Waals surface area contributed by atoms with Crippen LogP contribution in [0.2, 0.25) is 0 Å². The number of hydrogen-bond donors (Lipinski definition) is 2. The first-order chi connectivity index (χ1) is 8.18. The van der Waals surface area contributed by atoms with Crippen molar-refractivity contribution in [1.29, 1.82) is 0 Å². The molecule has 7 heteroatoms. The molecule has 2 aromatic rings. The monoisotopic (exact) mass is 252 g/mol. The van der Waals surface area contributed by atoms with Crippen LogP contribution in [0.3, 0.4) is 0 Å². The van der Waals surface area contributed by atoms with Crippen LogP contribution in [0.1, 0.15) is 15.2 Å². The van der Waals surface area contributed by atoms with Crippen molar-refractivity contribution in [1.82, 2.24) is 15.3 Å². The fourth-order valence-electron chi connectivity index (χ4n) is 1.23. The summed E-state index contributed by atoms with van der Waals surface area (Å²) in [5, 5.41) is 2.58. The molecule has 2 aromatic heterocycles. The van der Waals surface area contributed by atoms with Crippen LogP contribution in [0, 0.1) is 5.82 Å². The number of amides is 1. The van der Waals surface area contributed by atoms with Gasteiger partial charge in [0, 0.05) is 17.3 Å². The summed E-state index contributed by atoms with van der Waals surface area (Å²) < 4.78 is 13.5.